The number of β-lactam (4-membered cyclic amide) rings is 1. The molecule has 1 aromatic heterocycles. The number of aliphatic carboxylic acids is 1. The standard InChI is InChI=1S/C31H25N3O4S2/c35-26(19-39-24-14-13-20-7-1-2-9-22(20)17-24)32-27-29(36)34-28(31(37)38)23(18-40-30(27)34)11-6-16-33-15-5-10-21-8-3-4-12-25(21)33/h1-15,17,27,30H,16,18-19H2,(H-,32,35,37,38)/p+1/b11-6+/t27-,30-/m1/s1. The van der Waals surface area contributed by atoms with E-state index in [2.05, 4.69) is 9.88 Å². The lowest BCUT2D eigenvalue weighted by atomic mass is 10.0. The molecule has 2 aliphatic heterocycles. The number of thioether (sulfide) groups is 2. The van der Waals surface area contributed by atoms with E-state index in [1.54, 1.807) is 6.08 Å². The van der Waals surface area contributed by atoms with Crippen LogP contribution in [0, 0.1) is 0 Å². The first-order valence-electron chi connectivity index (χ1n) is 12.9. The fraction of sp³-hybridized carbons (Fsp3) is 0.161. The number of aromatic nitrogens is 1. The van der Waals surface area contributed by atoms with Gasteiger partial charge in [-0.1, -0.05) is 48.5 Å². The first-order valence-corrected chi connectivity index (χ1v) is 14.9. The van der Waals surface area contributed by atoms with Crippen molar-refractivity contribution in [3.8, 4) is 0 Å². The number of carboxylic acid groups (broad SMARTS) is 1. The molecular formula is C31H26N3O4S2+. The SMILES string of the molecule is O=C(CSc1ccc2ccccc2c1)N[C@@H]1C(=O)N2C(C(=O)O)=C(/C=C/C[n+]3cccc4ccccc43)CS[C@H]12. The van der Waals surface area contributed by atoms with Crippen molar-refractivity contribution in [3.63, 3.8) is 0 Å². The van der Waals surface area contributed by atoms with Crippen LogP contribution in [0.3, 0.4) is 0 Å². The molecule has 1 saturated heterocycles. The molecule has 0 spiro atoms. The summed E-state index contributed by atoms with van der Waals surface area (Å²) in [5.41, 5.74) is 1.65. The van der Waals surface area contributed by atoms with Gasteiger partial charge in [0.1, 0.15) is 17.1 Å². The van der Waals surface area contributed by atoms with E-state index >= 15 is 0 Å². The Morgan fingerprint density at radius 1 is 1.02 bits per heavy atom. The number of hydrogen-bond donors (Lipinski definition) is 2. The second-order valence-corrected chi connectivity index (χ2v) is 11.7. The lowest BCUT2D eigenvalue weighted by Gasteiger charge is -2.49. The molecule has 0 unspecified atom stereocenters. The third-order valence-corrected chi connectivity index (χ3v) is 9.31. The highest BCUT2D eigenvalue weighted by atomic mass is 32.2. The van der Waals surface area contributed by atoms with Crippen LogP contribution in [0.5, 0.6) is 0 Å². The van der Waals surface area contributed by atoms with Crippen LogP contribution >= 0.6 is 23.5 Å². The Hall–Kier alpha value is -4.08. The van der Waals surface area contributed by atoms with Crippen molar-refractivity contribution in [2.75, 3.05) is 11.5 Å². The summed E-state index contributed by atoms with van der Waals surface area (Å²) < 4.78 is 2.09. The molecular weight excluding hydrogens is 542 g/mol. The second-order valence-electron chi connectivity index (χ2n) is 9.55. The number of benzene rings is 3. The maximum absolute atomic E-state index is 13.0. The molecule has 200 valence electrons. The summed E-state index contributed by atoms with van der Waals surface area (Å²) in [7, 11) is 0. The normalized spacial score (nSPS) is 18.7. The molecule has 3 heterocycles. The van der Waals surface area contributed by atoms with Crippen molar-refractivity contribution in [2.24, 2.45) is 0 Å². The van der Waals surface area contributed by atoms with Gasteiger partial charge in [0, 0.05) is 28.2 Å². The summed E-state index contributed by atoms with van der Waals surface area (Å²) in [5.74, 6) is -1.19. The molecule has 2 aliphatic rings. The smallest absolute Gasteiger partial charge is 0.352 e. The van der Waals surface area contributed by atoms with E-state index in [0.29, 0.717) is 17.9 Å². The Bertz CT molecular complexity index is 1710. The number of hydrogen-bond acceptors (Lipinski definition) is 5. The number of pyridine rings is 1. The summed E-state index contributed by atoms with van der Waals surface area (Å²) in [6.45, 7) is 0.563. The molecule has 3 aromatic carbocycles. The zero-order chi connectivity index (χ0) is 27.6. The minimum atomic E-state index is -1.15. The molecule has 2 atom stereocenters. The molecule has 4 aromatic rings. The summed E-state index contributed by atoms with van der Waals surface area (Å²) in [4.78, 5) is 40.2. The average molecular weight is 569 g/mol. The van der Waals surface area contributed by atoms with E-state index in [1.165, 1.54) is 28.4 Å². The zero-order valence-electron chi connectivity index (χ0n) is 21.4. The van der Waals surface area contributed by atoms with Gasteiger partial charge in [0.15, 0.2) is 12.7 Å². The molecule has 0 radical (unpaired) electrons. The van der Waals surface area contributed by atoms with Crippen molar-refractivity contribution in [1.29, 1.82) is 0 Å². The molecule has 7 nitrogen and oxygen atoms in total. The summed E-state index contributed by atoms with van der Waals surface area (Å²) in [5, 5.41) is 15.7. The van der Waals surface area contributed by atoms with Crippen LogP contribution in [0.1, 0.15) is 0 Å². The quantitative estimate of drug-likeness (QED) is 0.186. The number of allylic oxidation sites excluding steroid dienone is 2. The number of nitrogens with one attached hydrogen (secondary N) is 1. The van der Waals surface area contributed by atoms with E-state index in [-0.39, 0.29) is 17.4 Å². The summed E-state index contributed by atoms with van der Waals surface area (Å²) >= 11 is 2.87. The highest BCUT2D eigenvalue weighted by Crippen LogP contribution is 2.40. The predicted octanol–water partition coefficient (Wildman–Crippen LogP) is 4.37. The van der Waals surface area contributed by atoms with Gasteiger partial charge in [-0.05, 0) is 46.7 Å². The van der Waals surface area contributed by atoms with Gasteiger partial charge in [-0.15, -0.1) is 23.5 Å². The highest BCUT2D eigenvalue weighted by molar-refractivity contribution is 8.00. The third kappa shape index (κ3) is 5.10. The summed E-state index contributed by atoms with van der Waals surface area (Å²) in [6, 6.07) is 25.4. The Labute approximate surface area is 239 Å². The summed E-state index contributed by atoms with van der Waals surface area (Å²) in [6.07, 6.45) is 5.69. The van der Waals surface area contributed by atoms with Crippen molar-refractivity contribution >= 4 is 63.0 Å². The van der Waals surface area contributed by atoms with E-state index in [0.717, 1.165) is 26.6 Å². The Morgan fingerprint density at radius 2 is 1.77 bits per heavy atom. The highest BCUT2D eigenvalue weighted by Gasteiger charge is 2.53. The van der Waals surface area contributed by atoms with Crippen LogP contribution in [0.4, 0.5) is 0 Å². The van der Waals surface area contributed by atoms with Crippen molar-refractivity contribution in [1.82, 2.24) is 10.2 Å². The molecule has 6 rings (SSSR count). The van der Waals surface area contributed by atoms with Crippen molar-refractivity contribution in [3.05, 3.63) is 108 Å². The monoisotopic (exact) mass is 568 g/mol. The van der Waals surface area contributed by atoms with Gasteiger partial charge in [-0.3, -0.25) is 14.5 Å². The third-order valence-electron chi connectivity index (χ3n) is 7.02. The number of carbonyl (C=O) groups excluding carboxylic acids is 2. The molecule has 0 aliphatic carbocycles. The van der Waals surface area contributed by atoms with Gasteiger partial charge < -0.3 is 10.4 Å². The number of carbonyl (C=O) groups is 3. The molecule has 1 fully saturated rings. The van der Waals surface area contributed by atoms with Crippen LogP contribution < -0.4 is 9.88 Å². The van der Waals surface area contributed by atoms with Gasteiger partial charge in [-0.2, -0.15) is 4.57 Å². The lowest BCUT2D eigenvalue weighted by molar-refractivity contribution is -0.661. The zero-order valence-corrected chi connectivity index (χ0v) is 23.0. The van der Waals surface area contributed by atoms with Gasteiger partial charge in [0.2, 0.25) is 11.4 Å². The minimum absolute atomic E-state index is 0.0102. The molecule has 0 saturated carbocycles. The van der Waals surface area contributed by atoms with Gasteiger partial charge in [0.25, 0.3) is 5.91 Å². The molecule has 40 heavy (non-hydrogen) atoms. The van der Waals surface area contributed by atoms with Crippen LogP contribution in [-0.2, 0) is 20.9 Å². The van der Waals surface area contributed by atoms with E-state index < -0.39 is 23.3 Å². The van der Waals surface area contributed by atoms with Gasteiger partial charge >= 0.3 is 5.97 Å². The number of para-hydroxylation sites is 1. The minimum Gasteiger partial charge on any atom is -0.477 e. The number of carboxylic acids is 1. The van der Waals surface area contributed by atoms with E-state index in [9.17, 15) is 19.5 Å². The Balaban J connectivity index is 1.10. The molecule has 2 amide bonds. The fourth-order valence-electron chi connectivity index (χ4n) is 5.08. The van der Waals surface area contributed by atoms with Crippen LogP contribution in [0.15, 0.2) is 113 Å². The maximum atomic E-state index is 13.0. The van der Waals surface area contributed by atoms with Crippen LogP contribution in [0.2, 0.25) is 0 Å². The number of rotatable bonds is 8. The number of fused-ring (bicyclic) bond motifs is 3. The van der Waals surface area contributed by atoms with Crippen molar-refractivity contribution < 1.29 is 24.1 Å². The van der Waals surface area contributed by atoms with Crippen LogP contribution in [0.25, 0.3) is 21.7 Å². The fourth-order valence-corrected chi connectivity index (χ4v) is 7.16. The maximum Gasteiger partial charge on any atom is 0.352 e. The first kappa shape index (κ1) is 26.2. The average Bonchev–Trinajstić information content (AvgIpc) is 2.98. The van der Waals surface area contributed by atoms with Gasteiger partial charge in [0.05, 0.1) is 5.75 Å². The van der Waals surface area contributed by atoms with E-state index in [1.807, 2.05) is 91.1 Å². The van der Waals surface area contributed by atoms with Gasteiger partial charge in [-0.25, -0.2) is 4.79 Å². The van der Waals surface area contributed by atoms with Crippen molar-refractivity contribution in [2.45, 2.75) is 22.9 Å². The first-order chi connectivity index (χ1) is 19.5. The number of nitrogens with zero attached hydrogens (tertiary/aromatic N) is 2. The topological polar surface area (TPSA) is 90.6 Å². The predicted molar refractivity (Wildman–Crippen MR) is 158 cm³/mol. The molecule has 0 bridgehead atoms. The number of amides is 2. The van der Waals surface area contributed by atoms with Crippen LogP contribution in [-0.4, -0.2) is 50.7 Å². The molecule has 2 N–H and O–H groups in total. The Kier molecular flexibility index (Phi) is 7.32. The second kappa shape index (κ2) is 11.2. The molecule has 9 heteroatoms. The lowest BCUT2D eigenvalue weighted by Crippen LogP contribution is -2.70. The van der Waals surface area contributed by atoms with E-state index in [4.69, 9.17) is 0 Å². The largest absolute Gasteiger partial charge is 0.477 e. The Morgan fingerprint density at radius 3 is 2.60 bits per heavy atom.